The van der Waals surface area contributed by atoms with Crippen molar-refractivity contribution in [1.29, 1.82) is 0 Å². The van der Waals surface area contributed by atoms with E-state index in [1.807, 2.05) is 31.2 Å². The Labute approximate surface area is 131 Å². The first-order valence-electron chi connectivity index (χ1n) is 7.25. The van der Waals surface area contributed by atoms with Crippen molar-refractivity contribution in [2.45, 2.75) is 6.92 Å². The van der Waals surface area contributed by atoms with Gasteiger partial charge < -0.3 is 10.3 Å². The summed E-state index contributed by atoms with van der Waals surface area (Å²) in [7, 11) is 0. The molecule has 0 aliphatic carbocycles. The number of anilines is 1. The molecule has 2 N–H and O–H groups in total. The van der Waals surface area contributed by atoms with E-state index in [0.717, 1.165) is 16.8 Å². The van der Waals surface area contributed by atoms with Crippen LogP contribution in [0.25, 0.3) is 22.6 Å². The molecule has 3 aromatic rings. The molecule has 0 radical (unpaired) electrons. The number of H-pyrrole nitrogens is 1. The van der Waals surface area contributed by atoms with E-state index in [-0.39, 0.29) is 11.5 Å². The molecule has 0 saturated carbocycles. The number of amides is 1. The second kappa shape index (κ2) is 4.91. The summed E-state index contributed by atoms with van der Waals surface area (Å²) in [6.07, 6.45) is 1.62. The number of fused-ring (bicyclic) bond motifs is 2. The van der Waals surface area contributed by atoms with Gasteiger partial charge in [0, 0.05) is 11.3 Å². The zero-order valence-corrected chi connectivity index (χ0v) is 12.4. The smallest absolute Gasteiger partial charge is 0.259 e. The van der Waals surface area contributed by atoms with Crippen molar-refractivity contribution in [3.05, 3.63) is 69.8 Å². The maximum atomic E-state index is 12.2. The van der Waals surface area contributed by atoms with Crippen LogP contribution in [0.5, 0.6) is 0 Å². The van der Waals surface area contributed by atoms with Crippen LogP contribution in [0.3, 0.4) is 0 Å². The summed E-state index contributed by atoms with van der Waals surface area (Å²) < 4.78 is 0. The van der Waals surface area contributed by atoms with Gasteiger partial charge >= 0.3 is 0 Å². The Hall–Kier alpha value is -3.21. The molecular formula is C18H13N3O2. The molecule has 2 aromatic carbocycles. The molecule has 1 aliphatic heterocycles. The number of nitrogens with one attached hydrogen (secondary N) is 2. The molecule has 2 heterocycles. The fourth-order valence-corrected chi connectivity index (χ4v) is 2.75. The van der Waals surface area contributed by atoms with Crippen LogP contribution in [0.2, 0.25) is 0 Å². The summed E-state index contributed by atoms with van der Waals surface area (Å²) in [6, 6.07) is 12.9. The molecule has 1 amide bonds. The lowest BCUT2D eigenvalue weighted by Crippen LogP contribution is -2.10. The van der Waals surface area contributed by atoms with Crippen molar-refractivity contribution in [1.82, 2.24) is 9.97 Å². The van der Waals surface area contributed by atoms with Crippen molar-refractivity contribution >= 4 is 34.1 Å². The van der Waals surface area contributed by atoms with E-state index in [9.17, 15) is 9.59 Å². The molecular weight excluding hydrogens is 290 g/mol. The van der Waals surface area contributed by atoms with Crippen LogP contribution in [0.4, 0.5) is 5.69 Å². The van der Waals surface area contributed by atoms with Gasteiger partial charge in [0.2, 0.25) is 0 Å². The lowest BCUT2D eigenvalue weighted by molar-refractivity contribution is -0.110. The molecule has 0 bridgehead atoms. The average molecular weight is 303 g/mol. The second-order valence-electron chi connectivity index (χ2n) is 5.53. The molecule has 1 aromatic heterocycles. The van der Waals surface area contributed by atoms with Gasteiger partial charge in [0.25, 0.3) is 11.5 Å². The highest BCUT2D eigenvalue weighted by Gasteiger charge is 2.24. The third-order valence-corrected chi connectivity index (χ3v) is 3.87. The van der Waals surface area contributed by atoms with Crippen LogP contribution in [0.15, 0.2) is 47.3 Å². The zero-order valence-electron chi connectivity index (χ0n) is 12.4. The Balaban J connectivity index is 1.90. The number of rotatable bonds is 1. The van der Waals surface area contributed by atoms with E-state index in [4.69, 9.17) is 0 Å². The zero-order chi connectivity index (χ0) is 16.0. The van der Waals surface area contributed by atoms with Gasteiger partial charge in [0.1, 0.15) is 5.82 Å². The normalized spacial score (nSPS) is 15.0. The number of carbonyl (C=O) groups is 1. The van der Waals surface area contributed by atoms with Crippen LogP contribution >= 0.6 is 0 Å². The molecule has 4 rings (SSSR count). The maximum absolute atomic E-state index is 12.2. The Morgan fingerprint density at radius 3 is 2.78 bits per heavy atom. The number of aryl methyl sites for hydroxylation is 1. The van der Waals surface area contributed by atoms with Gasteiger partial charge in [-0.15, -0.1) is 0 Å². The third kappa shape index (κ3) is 2.23. The first-order valence-corrected chi connectivity index (χ1v) is 7.25. The lowest BCUT2D eigenvalue weighted by atomic mass is 10.0. The number of hydrogen-bond acceptors (Lipinski definition) is 3. The Kier molecular flexibility index (Phi) is 2.87. The maximum Gasteiger partial charge on any atom is 0.259 e. The highest BCUT2D eigenvalue weighted by Crippen LogP contribution is 2.33. The summed E-state index contributed by atoms with van der Waals surface area (Å²) in [5.41, 5.74) is 3.55. The minimum atomic E-state index is -0.217. The van der Waals surface area contributed by atoms with E-state index in [1.54, 1.807) is 24.3 Å². The monoisotopic (exact) mass is 303 g/mol. The summed E-state index contributed by atoms with van der Waals surface area (Å²) in [5, 5.41) is 3.35. The number of para-hydroxylation sites is 1. The van der Waals surface area contributed by atoms with Gasteiger partial charge in [-0.3, -0.25) is 9.59 Å². The predicted octanol–water partition coefficient (Wildman–Crippen LogP) is 2.72. The first kappa shape index (κ1) is 13.5. The van der Waals surface area contributed by atoms with E-state index in [0.29, 0.717) is 22.3 Å². The first-order chi connectivity index (χ1) is 11.1. The minimum absolute atomic E-state index is 0.193. The average Bonchev–Trinajstić information content (AvgIpc) is 2.83. The van der Waals surface area contributed by atoms with Crippen molar-refractivity contribution < 1.29 is 4.79 Å². The molecule has 112 valence electrons. The van der Waals surface area contributed by atoms with Crippen LogP contribution in [0.1, 0.15) is 17.0 Å². The molecule has 0 spiro atoms. The van der Waals surface area contributed by atoms with Gasteiger partial charge in [-0.2, -0.15) is 0 Å². The van der Waals surface area contributed by atoms with E-state index in [2.05, 4.69) is 15.3 Å². The van der Waals surface area contributed by atoms with Crippen molar-refractivity contribution in [2.24, 2.45) is 0 Å². The van der Waals surface area contributed by atoms with Crippen LogP contribution in [-0.4, -0.2) is 15.9 Å². The van der Waals surface area contributed by atoms with Crippen molar-refractivity contribution in [2.75, 3.05) is 5.32 Å². The van der Waals surface area contributed by atoms with E-state index in [1.165, 1.54) is 0 Å². The number of nitrogens with zero attached hydrogens (tertiary/aromatic N) is 1. The minimum Gasteiger partial charge on any atom is -0.321 e. The topological polar surface area (TPSA) is 74.8 Å². The lowest BCUT2D eigenvalue weighted by Gasteiger charge is -2.01. The molecule has 0 atom stereocenters. The largest absolute Gasteiger partial charge is 0.321 e. The number of aromatic amines is 1. The summed E-state index contributed by atoms with van der Waals surface area (Å²) in [4.78, 5) is 31.5. The quantitative estimate of drug-likeness (QED) is 0.679. The predicted molar refractivity (Wildman–Crippen MR) is 90.0 cm³/mol. The molecule has 5 heteroatoms. The van der Waals surface area contributed by atoms with Crippen molar-refractivity contribution in [3.8, 4) is 0 Å². The molecule has 0 fully saturated rings. The van der Waals surface area contributed by atoms with Gasteiger partial charge in [-0.25, -0.2) is 4.98 Å². The number of hydrogen-bond donors (Lipinski definition) is 2. The summed E-state index contributed by atoms with van der Waals surface area (Å²) in [6.45, 7) is 1.97. The summed E-state index contributed by atoms with van der Waals surface area (Å²) in [5.74, 6) is 0.176. The molecule has 5 nitrogen and oxygen atoms in total. The van der Waals surface area contributed by atoms with Gasteiger partial charge in [-0.1, -0.05) is 23.8 Å². The number of benzene rings is 2. The van der Waals surface area contributed by atoms with Gasteiger partial charge in [0.05, 0.1) is 16.5 Å². The van der Waals surface area contributed by atoms with Crippen LogP contribution < -0.4 is 10.9 Å². The Morgan fingerprint density at radius 1 is 1.09 bits per heavy atom. The summed E-state index contributed by atoms with van der Waals surface area (Å²) >= 11 is 0. The van der Waals surface area contributed by atoms with Gasteiger partial charge in [0.15, 0.2) is 0 Å². The fraction of sp³-hybridized carbons (Fsp3) is 0.0556. The standard InChI is InChI=1S/C18H13N3O2/c1-10-6-7-15-12(8-10)13(18(23)20-15)9-16-19-14-5-3-2-4-11(14)17(22)21-16/h2-9H,1H3,(H,20,23)(H,19,21,22)/b13-9-. The van der Waals surface area contributed by atoms with Gasteiger partial charge in [-0.05, 0) is 37.3 Å². The highest BCUT2D eigenvalue weighted by molar-refractivity contribution is 6.34. The van der Waals surface area contributed by atoms with Crippen LogP contribution in [-0.2, 0) is 4.79 Å². The second-order valence-corrected chi connectivity index (χ2v) is 5.53. The van der Waals surface area contributed by atoms with Crippen LogP contribution in [0, 0.1) is 6.92 Å². The molecule has 0 unspecified atom stereocenters. The SMILES string of the molecule is Cc1ccc2c(c1)/C(=C/c1nc3ccccc3c(=O)[nH]1)C(=O)N2. The fourth-order valence-electron chi connectivity index (χ4n) is 2.75. The number of carbonyl (C=O) groups excluding carboxylic acids is 1. The molecule has 0 saturated heterocycles. The third-order valence-electron chi connectivity index (χ3n) is 3.87. The number of aromatic nitrogens is 2. The van der Waals surface area contributed by atoms with E-state index < -0.39 is 0 Å². The Bertz CT molecular complexity index is 1050. The van der Waals surface area contributed by atoms with E-state index >= 15 is 0 Å². The highest BCUT2D eigenvalue weighted by atomic mass is 16.2. The molecule has 1 aliphatic rings. The Morgan fingerprint density at radius 2 is 1.91 bits per heavy atom. The van der Waals surface area contributed by atoms with Crippen molar-refractivity contribution in [3.63, 3.8) is 0 Å². The molecule has 23 heavy (non-hydrogen) atoms.